The first-order valence-electron chi connectivity index (χ1n) is 5.81. The predicted octanol–water partition coefficient (Wildman–Crippen LogP) is 1.58. The standard InChI is InChI=1S/C13H14N4O/c1-8-3-5-9(6-4-8)12-14-10-7-17(2)16-11(10)13(18)15-12/h3-7,12,14H,1-2H3,(H,15,18)/t12-/m0/s1. The van der Waals surface area contributed by atoms with E-state index in [2.05, 4.69) is 15.7 Å². The number of nitrogens with zero attached hydrogens (tertiary/aromatic N) is 2. The van der Waals surface area contributed by atoms with Gasteiger partial charge >= 0.3 is 0 Å². The predicted molar refractivity (Wildman–Crippen MR) is 68.2 cm³/mol. The number of nitrogens with one attached hydrogen (secondary N) is 2. The molecule has 5 heteroatoms. The Morgan fingerprint density at radius 3 is 2.67 bits per heavy atom. The van der Waals surface area contributed by atoms with Crippen molar-refractivity contribution < 1.29 is 4.79 Å². The second-order valence-electron chi connectivity index (χ2n) is 4.53. The van der Waals surface area contributed by atoms with E-state index in [1.165, 1.54) is 5.56 Å². The summed E-state index contributed by atoms with van der Waals surface area (Å²) in [5.74, 6) is -0.144. The summed E-state index contributed by atoms with van der Waals surface area (Å²) in [6.45, 7) is 2.04. The Bertz CT molecular complexity index is 600. The van der Waals surface area contributed by atoms with E-state index in [-0.39, 0.29) is 12.1 Å². The van der Waals surface area contributed by atoms with Crippen LogP contribution in [0.3, 0.4) is 0 Å². The Balaban J connectivity index is 1.94. The van der Waals surface area contributed by atoms with Gasteiger partial charge in [0.1, 0.15) is 6.17 Å². The first-order valence-corrected chi connectivity index (χ1v) is 5.81. The molecule has 92 valence electrons. The lowest BCUT2D eigenvalue weighted by atomic mass is 10.1. The minimum absolute atomic E-state index is 0.144. The van der Waals surface area contributed by atoms with Crippen LogP contribution in [0.4, 0.5) is 5.69 Å². The topological polar surface area (TPSA) is 59.0 Å². The van der Waals surface area contributed by atoms with Crippen LogP contribution in [-0.2, 0) is 7.05 Å². The number of aryl methyl sites for hydroxylation is 2. The molecule has 2 heterocycles. The zero-order chi connectivity index (χ0) is 12.7. The number of benzene rings is 1. The summed E-state index contributed by atoms with van der Waals surface area (Å²) in [6, 6.07) is 8.08. The molecule has 5 nitrogen and oxygen atoms in total. The van der Waals surface area contributed by atoms with Gasteiger partial charge in [0, 0.05) is 13.2 Å². The van der Waals surface area contributed by atoms with E-state index in [0.29, 0.717) is 5.69 Å². The summed E-state index contributed by atoms with van der Waals surface area (Å²) in [6.07, 6.45) is 1.62. The van der Waals surface area contributed by atoms with E-state index in [1.807, 2.05) is 37.4 Å². The first kappa shape index (κ1) is 10.8. The van der Waals surface area contributed by atoms with Gasteiger partial charge in [0.15, 0.2) is 5.69 Å². The Hall–Kier alpha value is -2.30. The van der Waals surface area contributed by atoms with Crippen LogP contribution < -0.4 is 10.6 Å². The summed E-state index contributed by atoms with van der Waals surface area (Å²) in [7, 11) is 1.80. The fraction of sp³-hybridized carbons (Fsp3) is 0.231. The Labute approximate surface area is 105 Å². The van der Waals surface area contributed by atoms with Gasteiger partial charge < -0.3 is 10.6 Å². The van der Waals surface area contributed by atoms with Gasteiger partial charge in [-0.2, -0.15) is 5.10 Å². The minimum atomic E-state index is -0.199. The molecule has 0 fully saturated rings. The third-order valence-electron chi connectivity index (χ3n) is 3.03. The van der Waals surface area contributed by atoms with Crippen LogP contribution in [0.2, 0.25) is 0 Å². The second-order valence-corrected chi connectivity index (χ2v) is 4.53. The van der Waals surface area contributed by atoms with E-state index in [0.717, 1.165) is 11.3 Å². The molecule has 0 spiro atoms. The first-order chi connectivity index (χ1) is 8.63. The van der Waals surface area contributed by atoms with Crippen molar-refractivity contribution in [2.45, 2.75) is 13.1 Å². The molecule has 1 aliphatic rings. The highest BCUT2D eigenvalue weighted by Gasteiger charge is 2.27. The van der Waals surface area contributed by atoms with E-state index >= 15 is 0 Å². The number of carbonyl (C=O) groups excluding carboxylic acids is 1. The monoisotopic (exact) mass is 242 g/mol. The summed E-state index contributed by atoms with van der Waals surface area (Å²) < 4.78 is 1.63. The zero-order valence-corrected chi connectivity index (χ0v) is 10.3. The second kappa shape index (κ2) is 3.87. The molecule has 0 saturated heterocycles. The Kier molecular flexibility index (Phi) is 2.33. The smallest absolute Gasteiger partial charge is 0.275 e. The molecule has 0 unspecified atom stereocenters. The average molecular weight is 242 g/mol. The van der Waals surface area contributed by atoms with Crippen molar-refractivity contribution in [2.75, 3.05) is 5.32 Å². The molecular formula is C13H14N4O. The number of aromatic nitrogens is 2. The summed E-state index contributed by atoms with van der Waals surface area (Å²) in [4.78, 5) is 11.9. The van der Waals surface area contributed by atoms with E-state index in [1.54, 1.807) is 11.7 Å². The molecule has 1 aromatic carbocycles. The molecule has 3 rings (SSSR count). The van der Waals surface area contributed by atoms with Crippen LogP contribution in [0.15, 0.2) is 30.5 Å². The van der Waals surface area contributed by atoms with Gasteiger partial charge in [0.05, 0.1) is 5.69 Å². The van der Waals surface area contributed by atoms with Gasteiger partial charge in [-0.3, -0.25) is 9.48 Å². The van der Waals surface area contributed by atoms with Crippen LogP contribution >= 0.6 is 0 Å². The van der Waals surface area contributed by atoms with Crippen LogP contribution in [0, 0.1) is 6.92 Å². The molecule has 0 saturated carbocycles. The summed E-state index contributed by atoms with van der Waals surface area (Å²) in [5.41, 5.74) is 3.44. The van der Waals surface area contributed by atoms with Crippen molar-refractivity contribution >= 4 is 11.6 Å². The van der Waals surface area contributed by atoms with Crippen LogP contribution in [0.1, 0.15) is 27.8 Å². The number of hydrogen-bond donors (Lipinski definition) is 2. The molecule has 2 aromatic rings. The van der Waals surface area contributed by atoms with Crippen molar-refractivity contribution in [3.05, 3.63) is 47.3 Å². The highest BCUT2D eigenvalue weighted by molar-refractivity contribution is 5.99. The van der Waals surface area contributed by atoms with Crippen molar-refractivity contribution in [1.29, 1.82) is 0 Å². The van der Waals surface area contributed by atoms with Gasteiger partial charge in [-0.05, 0) is 12.5 Å². The van der Waals surface area contributed by atoms with Gasteiger partial charge in [-0.25, -0.2) is 0 Å². The average Bonchev–Trinajstić information content (AvgIpc) is 2.71. The Morgan fingerprint density at radius 2 is 1.94 bits per heavy atom. The maximum absolute atomic E-state index is 11.9. The third-order valence-corrected chi connectivity index (χ3v) is 3.03. The minimum Gasteiger partial charge on any atom is -0.358 e. The molecule has 0 aliphatic carbocycles. The fourth-order valence-electron chi connectivity index (χ4n) is 2.08. The molecule has 1 aliphatic heterocycles. The maximum Gasteiger partial charge on any atom is 0.275 e. The highest BCUT2D eigenvalue weighted by Crippen LogP contribution is 2.25. The number of amides is 1. The molecule has 2 N–H and O–H groups in total. The highest BCUT2D eigenvalue weighted by atomic mass is 16.2. The number of anilines is 1. The largest absolute Gasteiger partial charge is 0.358 e. The summed E-state index contributed by atoms with van der Waals surface area (Å²) in [5, 5.41) is 10.3. The normalized spacial score (nSPS) is 17.9. The molecule has 1 aromatic heterocycles. The van der Waals surface area contributed by atoms with Crippen LogP contribution in [-0.4, -0.2) is 15.7 Å². The molecular weight excluding hydrogens is 228 g/mol. The lowest BCUT2D eigenvalue weighted by Gasteiger charge is -2.25. The SMILES string of the molecule is Cc1ccc([C@@H]2NC(=O)c3nn(C)cc3N2)cc1. The number of fused-ring (bicyclic) bond motifs is 1. The van der Waals surface area contributed by atoms with Gasteiger partial charge in [-0.1, -0.05) is 29.8 Å². The molecule has 1 atom stereocenters. The summed E-state index contributed by atoms with van der Waals surface area (Å²) >= 11 is 0. The Morgan fingerprint density at radius 1 is 1.22 bits per heavy atom. The lowest BCUT2D eigenvalue weighted by Crippen LogP contribution is -2.38. The van der Waals surface area contributed by atoms with E-state index in [9.17, 15) is 4.79 Å². The fourth-order valence-corrected chi connectivity index (χ4v) is 2.08. The molecule has 18 heavy (non-hydrogen) atoms. The van der Waals surface area contributed by atoms with Gasteiger partial charge in [0.25, 0.3) is 5.91 Å². The molecule has 0 bridgehead atoms. The van der Waals surface area contributed by atoms with Crippen molar-refractivity contribution in [2.24, 2.45) is 7.05 Å². The molecule has 0 radical (unpaired) electrons. The van der Waals surface area contributed by atoms with Gasteiger partial charge in [0.2, 0.25) is 0 Å². The van der Waals surface area contributed by atoms with Crippen molar-refractivity contribution in [3.63, 3.8) is 0 Å². The number of carbonyl (C=O) groups is 1. The molecule has 1 amide bonds. The zero-order valence-electron chi connectivity index (χ0n) is 10.3. The van der Waals surface area contributed by atoms with Crippen molar-refractivity contribution in [3.8, 4) is 0 Å². The van der Waals surface area contributed by atoms with Gasteiger partial charge in [-0.15, -0.1) is 0 Å². The third kappa shape index (κ3) is 1.73. The lowest BCUT2D eigenvalue weighted by molar-refractivity contribution is 0.0930. The maximum atomic E-state index is 11.9. The number of hydrogen-bond acceptors (Lipinski definition) is 3. The quantitative estimate of drug-likeness (QED) is 0.798. The van der Waals surface area contributed by atoms with E-state index in [4.69, 9.17) is 0 Å². The number of rotatable bonds is 1. The van der Waals surface area contributed by atoms with E-state index < -0.39 is 0 Å². The van der Waals surface area contributed by atoms with Crippen molar-refractivity contribution in [1.82, 2.24) is 15.1 Å². The van der Waals surface area contributed by atoms with Crippen LogP contribution in [0.25, 0.3) is 0 Å². The van der Waals surface area contributed by atoms with Crippen LogP contribution in [0.5, 0.6) is 0 Å².